The smallest absolute Gasteiger partial charge is 0.416 e. The zero-order chi connectivity index (χ0) is 26.0. The van der Waals surface area contributed by atoms with Crippen molar-refractivity contribution in [2.24, 2.45) is 5.92 Å². The Morgan fingerprint density at radius 2 is 1.71 bits per heavy atom. The standard InChI is InChI=1S/C23H23F6N3O3/c1-12(2)17-9-19(30-11-18(17)21(34)31-10-13-3-4-35-20(33)5-13)32-16-7-14(22(24,25)26)6-15(8-16)23(27,28)29/h6-9,11-13H,3-5,10H2,1-2H3,(H,30,32)(H,31,34). The van der Waals surface area contributed by atoms with E-state index >= 15 is 0 Å². The number of benzene rings is 1. The molecule has 2 heterocycles. The average molecular weight is 503 g/mol. The van der Waals surface area contributed by atoms with E-state index in [0.29, 0.717) is 24.1 Å². The zero-order valence-corrected chi connectivity index (χ0v) is 18.8. The summed E-state index contributed by atoms with van der Waals surface area (Å²) in [6, 6.07) is 2.56. The summed E-state index contributed by atoms with van der Waals surface area (Å²) in [5.41, 5.74) is -2.66. The normalized spacial score (nSPS) is 16.7. The van der Waals surface area contributed by atoms with Gasteiger partial charge >= 0.3 is 18.3 Å². The fourth-order valence-electron chi connectivity index (χ4n) is 3.62. The van der Waals surface area contributed by atoms with Gasteiger partial charge in [-0.05, 0) is 48.1 Å². The van der Waals surface area contributed by atoms with Crippen LogP contribution in [0, 0.1) is 5.92 Å². The van der Waals surface area contributed by atoms with Crippen molar-refractivity contribution in [2.75, 3.05) is 18.5 Å². The van der Waals surface area contributed by atoms with Crippen LogP contribution in [0.5, 0.6) is 0 Å². The number of nitrogens with one attached hydrogen (secondary N) is 2. The van der Waals surface area contributed by atoms with Crippen molar-refractivity contribution < 1.29 is 40.7 Å². The molecule has 6 nitrogen and oxygen atoms in total. The third-order valence-corrected chi connectivity index (χ3v) is 5.46. The van der Waals surface area contributed by atoms with E-state index in [1.807, 2.05) is 0 Å². The van der Waals surface area contributed by atoms with Crippen LogP contribution in [-0.2, 0) is 21.9 Å². The maximum atomic E-state index is 13.1. The van der Waals surface area contributed by atoms with E-state index in [4.69, 9.17) is 4.74 Å². The highest BCUT2D eigenvalue weighted by molar-refractivity contribution is 5.96. The van der Waals surface area contributed by atoms with Crippen LogP contribution in [0.4, 0.5) is 37.8 Å². The van der Waals surface area contributed by atoms with E-state index in [1.165, 1.54) is 12.3 Å². The summed E-state index contributed by atoms with van der Waals surface area (Å²) in [5.74, 6) is -1.09. The largest absolute Gasteiger partial charge is 0.466 e. The molecule has 1 atom stereocenters. The van der Waals surface area contributed by atoms with Gasteiger partial charge in [0.25, 0.3) is 5.91 Å². The summed E-state index contributed by atoms with van der Waals surface area (Å²) in [4.78, 5) is 28.2. The van der Waals surface area contributed by atoms with E-state index in [2.05, 4.69) is 15.6 Å². The second kappa shape index (κ2) is 10.1. The molecule has 0 spiro atoms. The number of cyclic esters (lactones) is 1. The van der Waals surface area contributed by atoms with Gasteiger partial charge in [-0.1, -0.05) is 13.8 Å². The van der Waals surface area contributed by atoms with E-state index in [9.17, 15) is 35.9 Å². The number of anilines is 2. The molecule has 1 aromatic heterocycles. The lowest BCUT2D eigenvalue weighted by Gasteiger charge is -2.22. The van der Waals surface area contributed by atoms with Gasteiger partial charge in [0.1, 0.15) is 5.82 Å². The van der Waals surface area contributed by atoms with Gasteiger partial charge in [0.2, 0.25) is 0 Å². The summed E-state index contributed by atoms with van der Waals surface area (Å²) in [6.07, 6.45) is -7.95. The molecule has 1 aliphatic heterocycles. The van der Waals surface area contributed by atoms with Crippen molar-refractivity contribution in [1.82, 2.24) is 10.3 Å². The predicted octanol–water partition coefficient (Wildman–Crippen LogP) is 5.67. The molecule has 0 radical (unpaired) electrons. The highest BCUT2D eigenvalue weighted by atomic mass is 19.4. The maximum absolute atomic E-state index is 13.1. The molecule has 1 amide bonds. The zero-order valence-electron chi connectivity index (χ0n) is 18.8. The second-order valence-electron chi connectivity index (χ2n) is 8.52. The van der Waals surface area contributed by atoms with Gasteiger partial charge in [-0.15, -0.1) is 0 Å². The number of carbonyl (C=O) groups excluding carboxylic acids is 2. The number of nitrogens with zero attached hydrogens (tertiary/aromatic N) is 1. The molecular formula is C23H23F6N3O3. The Bertz CT molecular complexity index is 1070. The number of rotatable bonds is 6. The van der Waals surface area contributed by atoms with Gasteiger partial charge < -0.3 is 15.4 Å². The molecule has 1 unspecified atom stereocenters. The number of halogens is 6. The third kappa shape index (κ3) is 6.86. The Balaban J connectivity index is 1.83. The van der Waals surface area contributed by atoms with Gasteiger partial charge in [0.15, 0.2) is 0 Å². The van der Waals surface area contributed by atoms with E-state index in [-0.39, 0.29) is 54.8 Å². The van der Waals surface area contributed by atoms with Crippen LogP contribution in [0.2, 0.25) is 0 Å². The van der Waals surface area contributed by atoms with Crippen LogP contribution in [0.3, 0.4) is 0 Å². The summed E-state index contributed by atoms with van der Waals surface area (Å²) >= 11 is 0. The summed E-state index contributed by atoms with van der Waals surface area (Å²) in [5, 5.41) is 5.23. The molecule has 2 aromatic rings. The van der Waals surface area contributed by atoms with Crippen molar-refractivity contribution in [3.63, 3.8) is 0 Å². The number of pyridine rings is 1. The number of hydrogen-bond acceptors (Lipinski definition) is 5. The molecule has 0 aliphatic carbocycles. The molecule has 190 valence electrons. The summed E-state index contributed by atoms with van der Waals surface area (Å²) in [6.45, 7) is 4.08. The number of aromatic nitrogens is 1. The highest BCUT2D eigenvalue weighted by Crippen LogP contribution is 2.38. The number of carbonyl (C=O) groups is 2. The molecule has 35 heavy (non-hydrogen) atoms. The third-order valence-electron chi connectivity index (χ3n) is 5.46. The van der Waals surface area contributed by atoms with Gasteiger partial charge in [0, 0.05) is 18.4 Å². The van der Waals surface area contributed by atoms with Gasteiger partial charge in [-0.3, -0.25) is 9.59 Å². The van der Waals surface area contributed by atoms with Crippen molar-refractivity contribution >= 4 is 23.4 Å². The minimum atomic E-state index is -4.98. The monoisotopic (exact) mass is 503 g/mol. The lowest BCUT2D eigenvalue weighted by molar-refractivity contribution is -0.149. The predicted molar refractivity (Wildman–Crippen MR) is 114 cm³/mol. The van der Waals surface area contributed by atoms with Gasteiger partial charge in [-0.2, -0.15) is 26.3 Å². The summed E-state index contributed by atoms with van der Waals surface area (Å²) in [7, 11) is 0. The molecule has 2 N–H and O–H groups in total. The van der Waals surface area contributed by atoms with Crippen LogP contribution in [0.15, 0.2) is 30.5 Å². The molecule has 1 aliphatic rings. The number of hydrogen-bond donors (Lipinski definition) is 2. The number of ether oxygens (including phenoxy) is 1. The lowest BCUT2D eigenvalue weighted by atomic mass is 9.97. The minimum absolute atomic E-state index is 0.0206. The Labute approximate surface area is 197 Å². The molecule has 0 saturated carbocycles. The van der Waals surface area contributed by atoms with Gasteiger partial charge in [-0.25, -0.2) is 4.98 Å². The first kappa shape index (κ1) is 26.3. The van der Waals surface area contributed by atoms with Gasteiger partial charge in [0.05, 0.1) is 29.7 Å². The first-order valence-corrected chi connectivity index (χ1v) is 10.7. The van der Waals surface area contributed by atoms with Crippen molar-refractivity contribution in [3.05, 3.63) is 52.7 Å². The number of alkyl halides is 6. The minimum Gasteiger partial charge on any atom is -0.466 e. The number of amides is 1. The molecule has 0 bridgehead atoms. The van der Waals surface area contributed by atoms with Crippen LogP contribution < -0.4 is 10.6 Å². The topological polar surface area (TPSA) is 80.3 Å². The van der Waals surface area contributed by atoms with Crippen LogP contribution in [0.1, 0.15) is 59.7 Å². The molecule has 12 heteroatoms. The van der Waals surface area contributed by atoms with E-state index in [1.54, 1.807) is 13.8 Å². The van der Waals surface area contributed by atoms with Crippen LogP contribution in [-0.4, -0.2) is 30.0 Å². The van der Waals surface area contributed by atoms with Crippen LogP contribution in [0.25, 0.3) is 0 Å². The van der Waals surface area contributed by atoms with E-state index < -0.39 is 35.1 Å². The Hall–Kier alpha value is -3.31. The fourth-order valence-corrected chi connectivity index (χ4v) is 3.62. The SMILES string of the molecule is CC(C)c1cc(Nc2cc(C(F)(F)F)cc(C(F)(F)F)c2)ncc1C(=O)NCC1CCOC(=O)C1. The van der Waals surface area contributed by atoms with Crippen molar-refractivity contribution in [2.45, 2.75) is 45.0 Å². The average Bonchev–Trinajstić information content (AvgIpc) is 2.76. The molecule has 1 aromatic carbocycles. The molecule has 1 saturated heterocycles. The Kier molecular flexibility index (Phi) is 7.61. The molecular weight excluding hydrogens is 480 g/mol. The van der Waals surface area contributed by atoms with E-state index in [0.717, 1.165) is 0 Å². The quantitative estimate of drug-likeness (QED) is 0.392. The molecule has 3 rings (SSSR count). The Morgan fingerprint density at radius 3 is 2.26 bits per heavy atom. The highest BCUT2D eigenvalue weighted by Gasteiger charge is 2.37. The molecule has 1 fully saturated rings. The van der Waals surface area contributed by atoms with Crippen molar-refractivity contribution in [3.8, 4) is 0 Å². The Morgan fingerprint density at radius 1 is 1.09 bits per heavy atom. The maximum Gasteiger partial charge on any atom is 0.416 e. The lowest BCUT2D eigenvalue weighted by Crippen LogP contribution is -2.34. The summed E-state index contributed by atoms with van der Waals surface area (Å²) < 4.78 is 83.7. The van der Waals surface area contributed by atoms with Crippen molar-refractivity contribution in [1.29, 1.82) is 0 Å². The fraction of sp³-hybridized carbons (Fsp3) is 0.435. The second-order valence-corrected chi connectivity index (χ2v) is 8.52. The first-order valence-electron chi connectivity index (χ1n) is 10.7. The first-order chi connectivity index (χ1) is 16.2. The van der Waals surface area contributed by atoms with Crippen LogP contribution >= 0.6 is 0 Å². The number of esters is 1.